The Balaban J connectivity index is 1.98. The number of fused-ring (bicyclic) bond motifs is 1. The summed E-state index contributed by atoms with van der Waals surface area (Å²) in [5.41, 5.74) is 5.21. The average Bonchev–Trinajstić information content (AvgIpc) is 3.15. The molecule has 0 bridgehead atoms. The molecule has 1 fully saturated rings. The Morgan fingerprint density at radius 2 is 2.17 bits per heavy atom. The number of imidazole rings is 1. The van der Waals surface area contributed by atoms with E-state index < -0.39 is 55.1 Å². The van der Waals surface area contributed by atoms with E-state index in [0.29, 0.717) is 0 Å². The second-order valence-electron chi connectivity index (χ2n) is 6.53. The topological polar surface area (TPSA) is 192 Å². The van der Waals surface area contributed by atoms with E-state index in [-0.39, 0.29) is 17.1 Å². The van der Waals surface area contributed by atoms with Crippen LogP contribution < -0.4 is 11.3 Å². The number of aromatic amines is 1. The number of aromatic nitrogens is 4. The number of rotatable bonds is 7. The molecule has 3 rings (SSSR count). The first-order chi connectivity index (χ1) is 13.5. The lowest BCUT2D eigenvalue weighted by atomic mass is 10.0. The van der Waals surface area contributed by atoms with E-state index in [0.717, 1.165) is 4.31 Å². The highest BCUT2D eigenvalue weighted by Gasteiger charge is 2.48. The Bertz CT molecular complexity index is 1080. The van der Waals surface area contributed by atoms with Crippen LogP contribution in [0.15, 0.2) is 11.1 Å². The molecule has 3 unspecified atom stereocenters. The number of hydrogen-bond acceptors (Lipinski definition) is 10. The molecule has 1 saturated heterocycles. The van der Waals surface area contributed by atoms with Gasteiger partial charge in [0.15, 0.2) is 11.2 Å². The van der Waals surface area contributed by atoms with Crippen molar-refractivity contribution < 1.29 is 31.3 Å². The summed E-state index contributed by atoms with van der Waals surface area (Å²) in [7, 11) is -4.42. The number of H-pyrrole nitrogens is 1. The van der Waals surface area contributed by atoms with E-state index >= 15 is 0 Å². The molecule has 0 aliphatic carbocycles. The minimum Gasteiger partial charge on any atom is -0.369 e. The number of hydrogen-bond donors (Lipinski definition) is 3. The lowest BCUT2D eigenvalue weighted by molar-refractivity contribution is -0.0369. The fourth-order valence-corrected chi connectivity index (χ4v) is 4.00. The second-order valence-corrected chi connectivity index (χ2v) is 9.05. The van der Waals surface area contributed by atoms with Crippen LogP contribution in [0.1, 0.15) is 13.2 Å². The van der Waals surface area contributed by atoms with Gasteiger partial charge in [-0.25, -0.2) is 4.98 Å². The van der Waals surface area contributed by atoms with E-state index in [9.17, 15) is 17.8 Å². The summed E-state index contributed by atoms with van der Waals surface area (Å²) >= 11 is 0. The van der Waals surface area contributed by atoms with Gasteiger partial charge < -0.3 is 10.5 Å². The van der Waals surface area contributed by atoms with Crippen molar-refractivity contribution in [1.29, 1.82) is 0 Å². The maximum atomic E-state index is 12.2. The van der Waals surface area contributed by atoms with Crippen molar-refractivity contribution in [3.63, 3.8) is 0 Å². The van der Waals surface area contributed by atoms with Crippen LogP contribution in [-0.4, -0.2) is 70.0 Å². The molecule has 4 N–H and O–H groups in total. The first kappa shape index (κ1) is 21.7. The molecule has 2 aromatic rings. The average molecular weight is 451 g/mol. The summed E-state index contributed by atoms with van der Waals surface area (Å²) in [6.07, 6.45) is -1.62. The van der Waals surface area contributed by atoms with Crippen LogP contribution in [0.3, 0.4) is 0 Å². The largest absolute Gasteiger partial charge is 0.694 e. The number of nitrogens with two attached hydrogens (primary N) is 1. The molecule has 2 aromatic heterocycles. The molecule has 0 spiro atoms. The maximum Gasteiger partial charge on any atom is 0.694 e. The van der Waals surface area contributed by atoms with E-state index in [1.165, 1.54) is 25.0 Å². The smallest absolute Gasteiger partial charge is 0.369 e. The SMILES string of the molecule is CC1C(OS(=O)(=O)N(C)C)[C@@H](CO[P+](=O)O)O[C@H]1n1cnc2c(=O)[nH]c(N)nc21. The van der Waals surface area contributed by atoms with Gasteiger partial charge in [0.2, 0.25) is 5.95 Å². The first-order valence-electron chi connectivity index (χ1n) is 8.29. The number of nitrogens with one attached hydrogen (secondary N) is 1. The van der Waals surface area contributed by atoms with Crippen LogP contribution in [0.4, 0.5) is 5.95 Å². The summed E-state index contributed by atoms with van der Waals surface area (Å²) in [5.74, 6) is -0.732. The predicted molar refractivity (Wildman–Crippen MR) is 98.9 cm³/mol. The summed E-state index contributed by atoms with van der Waals surface area (Å²) in [4.78, 5) is 31.3. The molecule has 16 heteroatoms. The van der Waals surface area contributed by atoms with Crippen LogP contribution in [0.5, 0.6) is 0 Å². The van der Waals surface area contributed by atoms with Crippen LogP contribution in [0.25, 0.3) is 11.2 Å². The van der Waals surface area contributed by atoms with Crippen molar-refractivity contribution in [2.75, 3.05) is 26.4 Å². The van der Waals surface area contributed by atoms with Gasteiger partial charge in [-0.3, -0.25) is 18.5 Å². The fraction of sp³-hybridized carbons (Fsp3) is 0.615. The molecule has 5 atom stereocenters. The van der Waals surface area contributed by atoms with Gasteiger partial charge in [-0.15, -0.1) is 9.42 Å². The zero-order valence-corrected chi connectivity index (χ0v) is 17.3. The molecule has 0 saturated carbocycles. The molecule has 0 aromatic carbocycles. The van der Waals surface area contributed by atoms with Gasteiger partial charge in [0.1, 0.15) is 25.0 Å². The highest BCUT2D eigenvalue weighted by Crippen LogP contribution is 2.39. The van der Waals surface area contributed by atoms with E-state index in [4.69, 9.17) is 24.1 Å². The number of nitrogen functional groups attached to an aromatic ring is 1. The third-order valence-electron chi connectivity index (χ3n) is 4.40. The van der Waals surface area contributed by atoms with Crippen LogP contribution in [0.2, 0.25) is 0 Å². The van der Waals surface area contributed by atoms with Gasteiger partial charge >= 0.3 is 18.6 Å². The number of nitrogens with zero attached hydrogens (tertiary/aromatic N) is 4. The molecule has 0 amide bonds. The molecule has 3 heterocycles. The Kier molecular flexibility index (Phi) is 6.01. The first-order valence-corrected chi connectivity index (χ1v) is 10.8. The summed E-state index contributed by atoms with van der Waals surface area (Å²) in [5, 5.41) is 0. The molecule has 29 heavy (non-hydrogen) atoms. The Morgan fingerprint density at radius 3 is 2.79 bits per heavy atom. The quantitative estimate of drug-likeness (QED) is 0.442. The molecular formula is C13H20N6O8PS+. The van der Waals surface area contributed by atoms with Crippen molar-refractivity contribution in [3.05, 3.63) is 16.7 Å². The third kappa shape index (κ3) is 4.30. The summed E-state index contributed by atoms with van der Waals surface area (Å²) in [6, 6.07) is 0. The van der Waals surface area contributed by atoms with Gasteiger partial charge in [0, 0.05) is 24.6 Å². The predicted octanol–water partition coefficient (Wildman–Crippen LogP) is -0.907. The van der Waals surface area contributed by atoms with Crippen molar-refractivity contribution in [2.45, 2.75) is 25.4 Å². The minimum absolute atomic E-state index is 0.0199. The number of anilines is 1. The minimum atomic E-state index is -4.09. The molecule has 1 aliphatic rings. The molecule has 14 nitrogen and oxygen atoms in total. The van der Waals surface area contributed by atoms with Crippen LogP contribution in [-0.2, 0) is 28.3 Å². The lowest BCUT2D eigenvalue weighted by Gasteiger charge is -2.22. The Labute approximate surface area is 165 Å². The van der Waals surface area contributed by atoms with Gasteiger partial charge in [-0.2, -0.15) is 17.7 Å². The maximum absolute atomic E-state index is 12.2. The van der Waals surface area contributed by atoms with Gasteiger partial charge in [-0.1, -0.05) is 6.92 Å². The Hall–Kier alpha value is -2.00. The van der Waals surface area contributed by atoms with Gasteiger partial charge in [0.05, 0.1) is 6.33 Å². The van der Waals surface area contributed by atoms with E-state index in [1.54, 1.807) is 6.92 Å². The highest BCUT2D eigenvalue weighted by atomic mass is 32.2. The van der Waals surface area contributed by atoms with E-state index in [1.807, 2.05) is 0 Å². The molecular weight excluding hydrogens is 431 g/mol. The van der Waals surface area contributed by atoms with Crippen LogP contribution >= 0.6 is 8.25 Å². The van der Waals surface area contributed by atoms with Crippen LogP contribution in [0, 0.1) is 5.92 Å². The standard InChI is InChI=1S/C13H19N6O8PS/c1-6-9(27-29(23,24)18(2)3)7(4-25-28(21)22)26-12(6)19-5-15-8-10(19)16-13(14)17-11(8)20/h5-7,9,12H,4H2,1-3H3,(H3-,14,16,17,20,21,22)/p+1/t6?,7-,9?,12-/m1/s1. The zero-order valence-electron chi connectivity index (χ0n) is 15.6. The van der Waals surface area contributed by atoms with Crippen molar-refractivity contribution >= 4 is 35.7 Å². The second kappa shape index (κ2) is 8.02. The van der Waals surface area contributed by atoms with E-state index in [2.05, 4.69) is 15.0 Å². The fourth-order valence-electron chi connectivity index (χ4n) is 2.98. The number of ether oxygens (including phenoxy) is 1. The molecule has 160 valence electrons. The monoisotopic (exact) mass is 451 g/mol. The normalized spacial score (nSPS) is 25.8. The van der Waals surface area contributed by atoms with Gasteiger partial charge in [-0.05, 0) is 0 Å². The Morgan fingerprint density at radius 1 is 1.48 bits per heavy atom. The lowest BCUT2D eigenvalue weighted by Crippen LogP contribution is -2.38. The summed E-state index contributed by atoms with van der Waals surface area (Å²) < 4.78 is 53.5. The summed E-state index contributed by atoms with van der Waals surface area (Å²) in [6.45, 7) is 1.25. The zero-order chi connectivity index (χ0) is 21.5. The highest BCUT2D eigenvalue weighted by molar-refractivity contribution is 7.84. The van der Waals surface area contributed by atoms with Crippen molar-refractivity contribution in [2.24, 2.45) is 5.92 Å². The van der Waals surface area contributed by atoms with Crippen molar-refractivity contribution in [1.82, 2.24) is 23.8 Å². The van der Waals surface area contributed by atoms with Crippen molar-refractivity contribution in [3.8, 4) is 0 Å². The third-order valence-corrected chi connectivity index (χ3v) is 6.13. The molecule has 1 aliphatic heterocycles. The molecule has 0 radical (unpaired) electrons. The van der Waals surface area contributed by atoms with Gasteiger partial charge in [0.25, 0.3) is 5.56 Å².